The fourth-order valence-corrected chi connectivity index (χ4v) is 1.52. The van der Waals surface area contributed by atoms with Gasteiger partial charge in [-0.15, -0.1) is 0 Å². The van der Waals surface area contributed by atoms with Crippen molar-refractivity contribution in [3.63, 3.8) is 0 Å². The lowest BCUT2D eigenvalue weighted by Gasteiger charge is -2.11. The zero-order chi connectivity index (χ0) is 12.8. The molecule has 0 aliphatic heterocycles. The van der Waals surface area contributed by atoms with Crippen LogP contribution in [-0.4, -0.2) is 25.3 Å². The van der Waals surface area contributed by atoms with Crippen LogP contribution in [0.4, 0.5) is 5.69 Å². The van der Waals surface area contributed by atoms with E-state index in [4.69, 9.17) is 17.0 Å². The molecule has 1 aromatic rings. The van der Waals surface area contributed by atoms with Gasteiger partial charge in [0.25, 0.3) is 0 Å². The fraction of sp³-hybridized carbons (Fsp3) is 0.333. The van der Waals surface area contributed by atoms with E-state index in [0.29, 0.717) is 28.4 Å². The van der Waals surface area contributed by atoms with Crippen molar-refractivity contribution in [3.05, 3.63) is 28.8 Å². The number of rotatable bonds is 5. The maximum Gasteiger partial charge on any atom is 0.325 e. The number of halogens is 1. The number of carbonyl (C=O) groups is 1. The van der Waals surface area contributed by atoms with Crippen molar-refractivity contribution in [2.24, 2.45) is 0 Å². The predicted molar refractivity (Wildman–Crippen MR) is 69.1 cm³/mol. The summed E-state index contributed by atoms with van der Waals surface area (Å²) < 4.78 is 4.54. The molecule has 0 aromatic heterocycles. The van der Waals surface area contributed by atoms with E-state index >= 15 is 0 Å². The van der Waals surface area contributed by atoms with Gasteiger partial charge in [-0.2, -0.15) is 0 Å². The summed E-state index contributed by atoms with van der Waals surface area (Å²) in [6.45, 7) is 1.97. The number of carbonyl (C=O) groups excluding carboxylic acids is 1. The summed E-state index contributed by atoms with van der Waals surface area (Å²) in [7, 11) is 1.33. The number of hydrogen-bond acceptors (Lipinski definition) is 4. The normalized spacial score (nSPS) is 9.82. The van der Waals surface area contributed by atoms with Crippen LogP contribution < -0.4 is 5.32 Å². The van der Waals surface area contributed by atoms with Crippen molar-refractivity contribution in [3.8, 4) is 0 Å². The molecule has 0 bridgehead atoms. The minimum absolute atomic E-state index is 0.0716. The highest BCUT2D eigenvalue weighted by Gasteiger charge is 2.08. The molecule has 17 heavy (non-hydrogen) atoms. The topological polar surface area (TPSA) is 62.2 Å². The molecule has 5 heteroatoms. The zero-order valence-corrected chi connectivity index (χ0v) is 10.6. The standard InChI is InChI=1S/C12H15ClN2O2/c1-3-10(14)9-6-8(13)4-5-11(9)15-7-12(16)17-2/h4-6,14-15H,3,7H2,1-2H3. The van der Waals surface area contributed by atoms with Gasteiger partial charge in [-0.05, 0) is 24.6 Å². The fourth-order valence-electron chi connectivity index (χ4n) is 1.35. The Kier molecular flexibility index (Phi) is 4.97. The lowest BCUT2D eigenvalue weighted by molar-refractivity contribution is -0.138. The second-order valence-electron chi connectivity index (χ2n) is 3.45. The number of esters is 1. The molecule has 0 saturated carbocycles. The molecule has 0 aliphatic rings. The van der Waals surface area contributed by atoms with Crippen LogP contribution in [0, 0.1) is 5.41 Å². The Labute approximate surface area is 105 Å². The molecule has 2 N–H and O–H groups in total. The molecular weight excluding hydrogens is 240 g/mol. The molecule has 1 aromatic carbocycles. The largest absolute Gasteiger partial charge is 0.468 e. The Morgan fingerprint density at radius 2 is 2.24 bits per heavy atom. The summed E-state index contributed by atoms with van der Waals surface area (Å²) in [4.78, 5) is 11.0. The second kappa shape index (κ2) is 6.25. The van der Waals surface area contributed by atoms with Crippen LogP contribution in [0.15, 0.2) is 18.2 Å². The first kappa shape index (κ1) is 13.5. The number of nitrogens with one attached hydrogen (secondary N) is 2. The summed E-state index contributed by atoms with van der Waals surface area (Å²) in [5.41, 5.74) is 1.90. The third-order valence-corrected chi connectivity index (χ3v) is 2.55. The zero-order valence-electron chi connectivity index (χ0n) is 9.84. The van der Waals surface area contributed by atoms with E-state index < -0.39 is 0 Å². The molecule has 0 aliphatic carbocycles. The van der Waals surface area contributed by atoms with Gasteiger partial charge in [0.2, 0.25) is 0 Å². The molecule has 0 saturated heterocycles. The van der Waals surface area contributed by atoms with Crippen LogP contribution in [0.2, 0.25) is 5.02 Å². The molecule has 92 valence electrons. The van der Waals surface area contributed by atoms with E-state index in [1.807, 2.05) is 6.92 Å². The Bertz CT molecular complexity index is 433. The van der Waals surface area contributed by atoms with Crippen molar-refractivity contribution in [1.82, 2.24) is 0 Å². The first-order chi connectivity index (χ1) is 8.08. The van der Waals surface area contributed by atoms with Crippen molar-refractivity contribution < 1.29 is 9.53 Å². The van der Waals surface area contributed by atoms with E-state index in [0.717, 1.165) is 0 Å². The summed E-state index contributed by atoms with van der Waals surface area (Å²) >= 11 is 5.89. The van der Waals surface area contributed by atoms with Crippen molar-refractivity contribution >= 4 is 29.0 Å². The van der Waals surface area contributed by atoms with Gasteiger partial charge in [0.05, 0.1) is 7.11 Å². The van der Waals surface area contributed by atoms with Gasteiger partial charge in [-0.1, -0.05) is 18.5 Å². The molecule has 0 heterocycles. The lowest BCUT2D eigenvalue weighted by atomic mass is 10.1. The minimum atomic E-state index is -0.353. The molecule has 0 amide bonds. The average molecular weight is 255 g/mol. The molecule has 0 unspecified atom stereocenters. The number of anilines is 1. The molecule has 1 rings (SSSR count). The van der Waals surface area contributed by atoms with E-state index in [1.165, 1.54) is 7.11 Å². The van der Waals surface area contributed by atoms with Crippen LogP contribution in [-0.2, 0) is 9.53 Å². The molecule has 0 radical (unpaired) electrons. The highest BCUT2D eigenvalue weighted by atomic mass is 35.5. The van der Waals surface area contributed by atoms with E-state index in [9.17, 15) is 4.79 Å². The van der Waals surface area contributed by atoms with Crippen LogP contribution >= 0.6 is 11.6 Å². The molecular formula is C12H15ClN2O2. The quantitative estimate of drug-likeness (QED) is 0.627. The maximum absolute atomic E-state index is 11.0. The minimum Gasteiger partial charge on any atom is -0.468 e. The monoisotopic (exact) mass is 254 g/mol. The summed E-state index contributed by atoms with van der Waals surface area (Å²) in [6.07, 6.45) is 0.604. The van der Waals surface area contributed by atoms with Crippen LogP contribution in [0.1, 0.15) is 18.9 Å². The Balaban J connectivity index is 2.90. The third kappa shape index (κ3) is 3.75. The molecule has 0 atom stereocenters. The van der Waals surface area contributed by atoms with Gasteiger partial charge < -0.3 is 15.5 Å². The first-order valence-corrected chi connectivity index (χ1v) is 5.64. The first-order valence-electron chi connectivity index (χ1n) is 5.26. The number of methoxy groups -OCH3 is 1. The molecule has 0 fully saturated rings. The van der Waals surface area contributed by atoms with Crippen LogP contribution in [0.3, 0.4) is 0 Å². The van der Waals surface area contributed by atoms with Gasteiger partial charge in [-0.25, -0.2) is 0 Å². The van der Waals surface area contributed by atoms with Crippen molar-refractivity contribution in [1.29, 1.82) is 5.41 Å². The van der Waals surface area contributed by atoms with Crippen LogP contribution in [0.5, 0.6) is 0 Å². The summed E-state index contributed by atoms with van der Waals surface area (Å²) in [6, 6.07) is 5.19. The summed E-state index contributed by atoms with van der Waals surface area (Å²) in [5.74, 6) is -0.353. The Morgan fingerprint density at radius 1 is 1.53 bits per heavy atom. The van der Waals surface area contributed by atoms with E-state index in [-0.39, 0.29) is 12.5 Å². The molecule has 4 nitrogen and oxygen atoms in total. The van der Waals surface area contributed by atoms with Crippen molar-refractivity contribution in [2.75, 3.05) is 19.0 Å². The maximum atomic E-state index is 11.0. The number of ether oxygens (including phenoxy) is 1. The highest BCUT2D eigenvalue weighted by molar-refractivity contribution is 6.31. The van der Waals surface area contributed by atoms with Gasteiger partial charge in [0, 0.05) is 22.0 Å². The lowest BCUT2D eigenvalue weighted by Crippen LogP contribution is -2.16. The summed E-state index contributed by atoms with van der Waals surface area (Å²) in [5, 5.41) is 11.3. The highest BCUT2D eigenvalue weighted by Crippen LogP contribution is 2.21. The number of hydrogen-bond donors (Lipinski definition) is 2. The van der Waals surface area contributed by atoms with Gasteiger partial charge in [0.15, 0.2) is 0 Å². The number of benzene rings is 1. The smallest absolute Gasteiger partial charge is 0.325 e. The van der Waals surface area contributed by atoms with E-state index in [1.54, 1.807) is 18.2 Å². The Hall–Kier alpha value is -1.55. The van der Waals surface area contributed by atoms with Crippen molar-refractivity contribution in [2.45, 2.75) is 13.3 Å². The average Bonchev–Trinajstić information content (AvgIpc) is 2.35. The third-order valence-electron chi connectivity index (χ3n) is 2.31. The Morgan fingerprint density at radius 3 is 2.82 bits per heavy atom. The van der Waals surface area contributed by atoms with Crippen LogP contribution in [0.25, 0.3) is 0 Å². The SMILES string of the molecule is CCC(=N)c1cc(Cl)ccc1NCC(=O)OC. The molecule has 0 spiro atoms. The van der Waals surface area contributed by atoms with Gasteiger partial charge in [0.1, 0.15) is 6.54 Å². The van der Waals surface area contributed by atoms with Gasteiger partial charge >= 0.3 is 5.97 Å². The van der Waals surface area contributed by atoms with E-state index in [2.05, 4.69) is 10.1 Å². The van der Waals surface area contributed by atoms with Gasteiger partial charge in [-0.3, -0.25) is 4.79 Å². The predicted octanol–water partition coefficient (Wildman–Crippen LogP) is 2.70. The second-order valence-corrected chi connectivity index (χ2v) is 3.89.